The summed E-state index contributed by atoms with van der Waals surface area (Å²) in [6.07, 6.45) is 3.56. The number of carbonyl (C=O) groups excluding carboxylic acids is 1. The summed E-state index contributed by atoms with van der Waals surface area (Å²) in [4.78, 5) is 20.9. The zero-order valence-electron chi connectivity index (χ0n) is 15.5. The second-order valence-corrected chi connectivity index (χ2v) is 7.13. The molecule has 1 amide bonds. The molecule has 144 valence electrons. The Hall–Kier alpha value is -3.61. The largest absolute Gasteiger partial charge is 0.353 e. The number of aromatic nitrogens is 4. The minimum atomic E-state index is -0.338. The van der Waals surface area contributed by atoms with Crippen LogP contribution in [0, 0.1) is 5.82 Å². The molecule has 2 aromatic heterocycles. The van der Waals surface area contributed by atoms with Crippen molar-refractivity contribution in [3.05, 3.63) is 72.4 Å². The molecule has 1 saturated heterocycles. The van der Waals surface area contributed by atoms with E-state index in [0.29, 0.717) is 30.1 Å². The van der Waals surface area contributed by atoms with Crippen LogP contribution in [-0.2, 0) is 11.2 Å². The van der Waals surface area contributed by atoms with Gasteiger partial charge in [0.25, 0.3) is 0 Å². The molecule has 5 rings (SSSR count). The number of hydrogen-bond acceptors (Lipinski definition) is 4. The van der Waals surface area contributed by atoms with Gasteiger partial charge in [-0.15, -0.1) is 5.10 Å². The molecule has 1 atom stereocenters. The number of halogens is 1. The van der Waals surface area contributed by atoms with Gasteiger partial charge in [0, 0.05) is 36.0 Å². The van der Waals surface area contributed by atoms with Gasteiger partial charge in [-0.25, -0.2) is 14.1 Å². The first-order valence-corrected chi connectivity index (χ1v) is 9.53. The third kappa shape index (κ3) is 3.35. The van der Waals surface area contributed by atoms with Gasteiger partial charge in [0.2, 0.25) is 5.91 Å². The molecule has 6 nitrogen and oxygen atoms in total. The van der Waals surface area contributed by atoms with E-state index in [1.54, 1.807) is 23.0 Å². The predicted molar refractivity (Wildman–Crippen MR) is 107 cm³/mol. The number of amides is 1. The lowest BCUT2D eigenvalue weighted by Crippen LogP contribution is -2.28. The van der Waals surface area contributed by atoms with Crippen molar-refractivity contribution in [1.29, 1.82) is 0 Å². The van der Waals surface area contributed by atoms with Crippen LogP contribution >= 0.6 is 0 Å². The van der Waals surface area contributed by atoms with Crippen LogP contribution in [0.1, 0.15) is 18.7 Å². The Balaban J connectivity index is 1.65. The Kier molecular flexibility index (Phi) is 4.27. The molecule has 0 radical (unpaired) electrons. The van der Waals surface area contributed by atoms with Gasteiger partial charge in [-0.2, -0.15) is 0 Å². The van der Waals surface area contributed by atoms with Gasteiger partial charge < -0.3 is 5.32 Å². The number of para-hydroxylation sites is 1. The van der Waals surface area contributed by atoms with Gasteiger partial charge in [-0.1, -0.05) is 30.3 Å². The van der Waals surface area contributed by atoms with E-state index in [2.05, 4.69) is 15.4 Å². The molecule has 3 heterocycles. The van der Waals surface area contributed by atoms with Crippen LogP contribution in [0.25, 0.3) is 28.0 Å². The lowest BCUT2D eigenvalue weighted by atomic mass is 10.1. The highest BCUT2D eigenvalue weighted by molar-refractivity contribution is 5.86. The van der Waals surface area contributed by atoms with E-state index in [0.717, 1.165) is 23.0 Å². The zero-order valence-corrected chi connectivity index (χ0v) is 15.5. The highest BCUT2D eigenvalue weighted by Gasteiger charge is 2.25. The van der Waals surface area contributed by atoms with Crippen LogP contribution in [-0.4, -0.2) is 31.7 Å². The monoisotopic (exact) mass is 387 g/mol. The summed E-state index contributed by atoms with van der Waals surface area (Å²) in [5.41, 5.74) is 2.22. The molecule has 2 aromatic carbocycles. The highest BCUT2D eigenvalue weighted by Crippen LogP contribution is 2.25. The van der Waals surface area contributed by atoms with Crippen molar-refractivity contribution in [2.24, 2.45) is 0 Å². The van der Waals surface area contributed by atoms with Crippen molar-refractivity contribution in [3.8, 4) is 17.1 Å². The predicted octanol–water partition coefficient (Wildman–Crippen LogP) is 3.44. The average molecular weight is 387 g/mol. The van der Waals surface area contributed by atoms with Crippen molar-refractivity contribution in [3.63, 3.8) is 0 Å². The minimum Gasteiger partial charge on any atom is -0.353 e. The standard InChI is InChI=1S/C22H18FN5O/c23-16-7-1-5-15(12-16)22-26-19(13-17-9-10-20(29)25-17)28(27-22)18-8-2-4-14-6-3-11-24-21(14)18/h1-8,11-12,17H,9-10,13H2,(H,25,29)/t17-/m1/s1. The topological polar surface area (TPSA) is 72.7 Å². The zero-order chi connectivity index (χ0) is 19.8. The Morgan fingerprint density at radius 1 is 1.14 bits per heavy atom. The summed E-state index contributed by atoms with van der Waals surface area (Å²) < 4.78 is 15.5. The second kappa shape index (κ2) is 7.09. The van der Waals surface area contributed by atoms with Gasteiger partial charge in [-0.05, 0) is 30.7 Å². The molecule has 0 saturated carbocycles. The molecule has 1 N–H and O–H groups in total. The normalized spacial score (nSPS) is 16.3. The molecule has 1 aliphatic rings. The van der Waals surface area contributed by atoms with Crippen LogP contribution in [0.5, 0.6) is 0 Å². The van der Waals surface area contributed by atoms with Crippen molar-refractivity contribution < 1.29 is 9.18 Å². The number of fused-ring (bicyclic) bond motifs is 1. The fourth-order valence-corrected chi connectivity index (χ4v) is 3.73. The maximum Gasteiger partial charge on any atom is 0.220 e. The molecule has 1 fully saturated rings. The molecular weight excluding hydrogens is 369 g/mol. The summed E-state index contributed by atoms with van der Waals surface area (Å²) >= 11 is 0. The van der Waals surface area contributed by atoms with E-state index in [1.807, 2.05) is 30.3 Å². The number of rotatable bonds is 4. The molecule has 0 bridgehead atoms. The van der Waals surface area contributed by atoms with E-state index in [9.17, 15) is 9.18 Å². The summed E-state index contributed by atoms with van der Waals surface area (Å²) in [5, 5.41) is 8.66. The van der Waals surface area contributed by atoms with Crippen LogP contribution in [0.4, 0.5) is 4.39 Å². The van der Waals surface area contributed by atoms with Crippen molar-refractivity contribution >= 4 is 16.8 Å². The Morgan fingerprint density at radius 3 is 2.83 bits per heavy atom. The third-order valence-corrected chi connectivity index (χ3v) is 5.11. The maximum atomic E-state index is 13.7. The second-order valence-electron chi connectivity index (χ2n) is 7.13. The number of pyridine rings is 1. The van der Waals surface area contributed by atoms with Crippen LogP contribution in [0.15, 0.2) is 60.8 Å². The summed E-state index contributed by atoms with van der Waals surface area (Å²) in [6, 6.07) is 16.0. The Morgan fingerprint density at radius 2 is 2.00 bits per heavy atom. The first-order chi connectivity index (χ1) is 14.2. The molecule has 4 aromatic rings. The van der Waals surface area contributed by atoms with Crippen LogP contribution in [0.2, 0.25) is 0 Å². The van der Waals surface area contributed by atoms with E-state index in [4.69, 9.17) is 4.98 Å². The highest BCUT2D eigenvalue weighted by atomic mass is 19.1. The van der Waals surface area contributed by atoms with Crippen LogP contribution < -0.4 is 5.32 Å². The lowest BCUT2D eigenvalue weighted by Gasteiger charge is -2.12. The Bertz CT molecular complexity index is 1210. The van der Waals surface area contributed by atoms with Crippen molar-refractivity contribution in [1.82, 2.24) is 25.1 Å². The SMILES string of the molecule is O=C1CC[C@H](Cc2nc(-c3cccc(F)c3)nn2-c2cccc3cccnc23)N1. The van der Waals surface area contributed by atoms with Gasteiger partial charge >= 0.3 is 0 Å². The average Bonchev–Trinajstić information content (AvgIpc) is 3.34. The summed E-state index contributed by atoms with van der Waals surface area (Å²) in [7, 11) is 0. The molecule has 0 aliphatic carbocycles. The number of benzene rings is 2. The van der Waals surface area contributed by atoms with Gasteiger partial charge in [-0.3, -0.25) is 9.78 Å². The molecule has 7 heteroatoms. The van der Waals surface area contributed by atoms with E-state index in [-0.39, 0.29) is 17.8 Å². The molecule has 0 spiro atoms. The van der Waals surface area contributed by atoms with Gasteiger partial charge in [0.1, 0.15) is 11.6 Å². The third-order valence-electron chi connectivity index (χ3n) is 5.11. The Labute approximate surface area is 166 Å². The minimum absolute atomic E-state index is 0.00810. The van der Waals surface area contributed by atoms with E-state index < -0.39 is 0 Å². The summed E-state index contributed by atoms with van der Waals surface area (Å²) in [5.74, 6) is 0.861. The van der Waals surface area contributed by atoms with E-state index in [1.165, 1.54) is 12.1 Å². The van der Waals surface area contributed by atoms with Gasteiger partial charge in [0.15, 0.2) is 5.82 Å². The molecule has 1 aliphatic heterocycles. The van der Waals surface area contributed by atoms with Crippen molar-refractivity contribution in [2.45, 2.75) is 25.3 Å². The fourth-order valence-electron chi connectivity index (χ4n) is 3.73. The van der Waals surface area contributed by atoms with Crippen molar-refractivity contribution in [2.75, 3.05) is 0 Å². The number of nitrogens with zero attached hydrogens (tertiary/aromatic N) is 4. The number of hydrogen-bond donors (Lipinski definition) is 1. The quantitative estimate of drug-likeness (QED) is 0.582. The smallest absolute Gasteiger partial charge is 0.220 e. The van der Waals surface area contributed by atoms with Crippen LogP contribution in [0.3, 0.4) is 0 Å². The molecular formula is C22H18FN5O. The first-order valence-electron chi connectivity index (χ1n) is 9.53. The molecule has 0 unspecified atom stereocenters. The molecule has 29 heavy (non-hydrogen) atoms. The number of nitrogens with one attached hydrogen (secondary N) is 1. The van der Waals surface area contributed by atoms with E-state index >= 15 is 0 Å². The fraction of sp³-hybridized carbons (Fsp3) is 0.182. The first kappa shape index (κ1) is 17.5. The van der Waals surface area contributed by atoms with Gasteiger partial charge in [0.05, 0.1) is 11.2 Å². The number of carbonyl (C=O) groups is 1. The lowest BCUT2D eigenvalue weighted by molar-refractivity contribution is -0.119. The maximum absolute atomic E-state index is 13.7. The summed E-state index contributed by atoms with van der Waals surface area (Å²) in [6.45, 7) is 0.